The Balaban J connectivity index is 1.65. The summed E-state index contributed by atoms with van der Waals surface area (Å²) in [5.74, 6) is 0.452. The van der Waals surface area contributed by atoms with E-state index in [2.05, 4.69) is 35.4 Å². The van der Waals surface area contributed by atoms with Crippen LogP contribution >= 0.6 is 0 Å². The molecule has 33 heavy (non-hydrogen) atoms. The Bertz CT molecular complexity index is 1050. The second-order valence-electron chi connectivity index (χ2n) is 7.62. The Labute approximate surface area is 195 Å². The lowest BCUT2D eigenvalue weighted by Gasteiger charge is -2.30. The van der Waals surface area contributed by atoms with E-state index in [0.717, 1.165) is 24.4 Å². The molecule has 2 N–H and O–H groups in total. The molecule has 2 amide bonds. The van der Waals surface area contributed by atoms with Crippen molar-refractivity contribution in [3.63, 3.8) is 0 Å². The van der Waals surface area contributed by atoms with E-state index in [-0.39, 0.29) is 17.9 Å². The van der Waals surface area contributed by atoms with Crippen LogP contribution in [0.5, 0.6) is 5.75 Å². The maximum absolute atomic E-state index is 12.8. The molecule has 6 heteroatoms. The first-order chi connectivity index (χ1) is 16.0. The van der Waals surface area contributed by atoms with Gasteiger partial charge in [0.15, 0.2) is 0 Å². The van der Waals surface area contributed by atoms with E-state index in [1.54, 1.807) is 43.5 Å². The van der Waals surface area contributed by atoms with Crippen LogP contribution in [0.4, 0.5) is 5.69 Å². The number of hydrogen-bond acceptors (Lipinski definition) is 4. The number of hydrogen-bond donors (Lipinski definition) is 2. The van der Waals surface area contributed by atoms with E-state index < -0.39 is 0 Å². The number of ether oxygens (including phenoxy) is 1. The SMILES string of the molecule is CCN(CC)C(CNC(=O)c1ccc(NC(=O)c2ccccc2)cc1)c1cccc(OC)c1. The van der Waals surface area contributed by atoms with Crippen LogP contribution in [0.25, 0.3) is 0 Å². The van der Waals surface area contributed by atoms with Gasteiger partial charge in [-0.3, -0.25) is 14.5 Å². The lowest BCUT2D eigenvalue weighted by Crippen LogP contribution is -2.38. The van der Waals surface area contributed by atoms with Crippen LogP contribution in [0.2, 0.25) is 0 Å². The maximum atomic E-state index is 12.8. The molecule has 0 aromatic heterocycles. The smallest absolute Gasteiger partial charge is 0.255 e. The van der Waals surface area contributed by atoms with Crippen molar-refractivity contribution in [2.24, 2.45) is 0 Å². The molecule has 0 bridgehead atoms. The predicted molar refractivity (Wildman–Crippen MR) is 132 cm³/mol. The largest absolute Gasteiger partial charge is 0.497 e. The van der Waals surface area contributed by atoms with Gasteiger partial charge in [0, 0.05) is 23.4 Å². The van der Waals surface area contributed by atoms with E-state index in [1.807, 2.05) is 36.4 Å². The van der Waals surface area contributed by atoms with Crippen LogP contribution in [0.1, 0.15) is 46.2 Å². The molecule has 172 valence electrons. The monoisotopic (exact) mass is 445 g/mol. The molecule has 0 radical (unpaired) electrons. The van der Waals surface area contributed by atoms with Crippen molar-refractivity contribution >= 4 is 17.5 Å². The molecule has 3 rings (SSSR count). The van der Waals surface area contributed by atoms with Crippen molar-refractivity contribution in [2.75, 3.05) is 32.1 Å². The molecule has 1 unspecified atom stereocenters. The third-order valence-corrected chi connectivity index (χ3v) is 5.63. The molecular weight excluding hydrogens is 414 g/mol. The summed E-state index contributed by atoms with van der Waals surface area (Å²) in [4.78, 5) is 27.4. The molecule has 0 heterocycles. The van der Waals surface area contributed by atoms with E-state index in [1.165, 1.54) is 0 Å². The summed E-state index contributed by atoms with van der Waals surface area (Å²) >= 11 is 0. The fraction of sp³-hybridized carbons (Fsp3) is 0.259. The van der Waals surface area contributed by atoms with Gasteiger partial charge in [-0.1, -0.05) is 44.2 Å². The summed E-state index contributed by atoms with van der Waals surface area (Å²) in [5, 5.41) is 5.91. The predicted octanol–water partition coefficient (Wildman–Crippen LogP) is 4.76. The topological polar surface area (TPSA) is 70.7 Å². The van der Waals surface area contributed by atoms with E-state index >= 15 is 0 Å². The minimum Gasteiger partial charge on any atom is -0.497 e. The first-order valence-electron chi connectivity index (χ1n) is 11.2. The summed E-state index contributed by atoms with van der Waals surface area (Å²) < 4.78 is 5.38. The minimum absolute atomic E-state index is 0.0310. The van der Waals surface area contributed by atoms with Crippen LogP contribution in [0.15, 0.2) is 78.9 Å². The van der Waals surface area contributed by atoms with Gasteiger partial charge in [-0.25, -0.2) is 0 Å². The summed E-state index contributed by atoms with van der Waals surface area (Å²) in [6.07, 6.45) is 0. The fourth-order valence-corrected chi connectivity index (χ4v) is 3.76. The van der Waals surface area contributed by atoms with Crippen LogP contribution in [0, 0.1) is 0 Å². The molecule has 1 atom stereocenters. The number of nitrogens with one attached hydrogen (secondary N) is 2. The van der Waals surface area contributed by atoms with Crippen molar-refractivity contribution in [1.29, 1.82) is 0 Å². The van der Waals surface area contributed by atoms with Gasteiger partial charge in [0.1, 0.15) is 5.75 Å². The molecule has 3 aromatic rings. The quantitative estimate of drug-likeness (QED) is 0.472. The summed E-state index contributed by atoms with van der Waals surface area (Å²) in [6.45, 7) is 6.43. The van der Waals surface area contributed by atoms with Gasteiger partial charge >= 0.3 is 0 Å². The van der Waals surface area contributed by atoms with Crippen molar-refractivity contribution in [2.45, 2.75) is 19.9 Å². The number of rotatable bonds is 10. The number of nitrogens with zero attached hydrogens (tertiary/aromatic N) is 1. The summed E-state index contributed by atoms with van der Waals surface area (Å²) in [5.41, 5.74) is 2.85. The number of benzene rings is 3. The zero-order chi connectivity index (χ0) is 23.6. The second kappa shape index (κ2) is 11.8. The number of carbonyl (C=O) groups is 2. The van der Waals surface area contributed by atoms with E-state index in [9.17, 15) is 9.59 Å². The van der Waals surface area contributed by atoms with Crippen LogP contribution < -0.4 is 15.4 Å². The number of methoxy groups -OCH3 is 1. The molecule has 0 spiro atoms. The fourth-order valence-electron chi connectivity index (χ4n) is 3.76. The Kier molecular flexibility index (Phi) is 8.61. The average molecular weight is 446 g/mol. The lowest BCUT2D eigenvalue weighted by molar-refractivity contribution is 0.0934. The van der Waals surface area contributed by atoms with Gasteiger partial charge < -0.3 is 15.4 Å². The van der Waals surface area contributed by atoms with Crippen molar-refractivity contribution < 1.29 is 14.3 Å². The number of carbonyl (C=O) groups excluding carboxylic acids is 2. The Morgan fingerprint density at radius 3 is 2.15 bits per heavy atom. The molecular formula is C27H31N3O3. The molecule has 0 aliphatic rings. The van der Waals surface area contributed by atoms with Gasteiger partial charge in [0.2, 0.25) is 0 Å². The molecule has 0 aliphatic heterocycles. The van der Waals surface area contributed by atoms with Crippen molar-refractivity contribution in [3.8, 4) is 5.75 Å². The molecule has 6 nitrogen and oxygen atoms in total. The average Bonchev–Trinajstić information content (AvgIpc) is 2.87. The molecule has 3 aromatic carbocycles. The van der Waals surface area contributed by atoms with Gasteiger partial charge in [-0.05, 0) is 67.2 Å². The number of likely N-dealkylation sites (N-methyl/N-ethyl adjacent to an activating group) is 1. The molecule has 0 aliphatic carbocycles. The third kappa shape index (κ3) is 6.43. The highest BCUT2D eigenvalue weighted by molar-refractivity contribution is 6.04. The van der Waals surface area contributed by atoms with Gasteiger partial charge in [0.25, 0.3) is 11.8 Å². The minimum atomic E-state index is -0.187. The Hall–Kier alpha value is -3.64. The summed E-state index contributed by atoms with van der Waals surface area (Å²) in [7, 11) is 1.65. The van der Waals surface area contributed by atoms with Gasteiger partial charge in [0.05, 0.1) is 13.2 Å². The Morgan fingerprint density at radius 1 is 0.848 bits per heavy atom. The van der Waals surface area contributed by atoms with Crippen LogP contribution in [0.3, 0.4) is 0 Å². The standard InChI is InChI=1S/C27H31N3O3/c1-4-30(5-2)25(22-12-9-13-24(18-22)33-3)19-28-26(31)21-14-16-23(17-15-21)29-27(32)20-10-7-6-8-11-20/h6-18,25H,4-5,19H2,1-3H3,(H,28,31)(H,29,32). The lowest BCUT2D eigenvalue weighted by atomic mass is 10.0. The number of amides is 2. The van der Waals surface area contributed by atoms with E-state index in [4.69, 9.17) is 4.74 Å². The normalized spacial score (nSPS) is 11.6. The highest BCUT2D eigenvalue weighted by Crippen LogP contribution is 2.24. The van der Waals surface area contributed by atoms with Crippen molar-refractivity contribution in [3.05, 3.63) is 95.6 Å². The zero-order valence-corrected chi connectivity index (χ0v) is 19.4. The van der Waals surface area contributed by atoms with E-state index in [0.29, 0.717) is 23.4 Å². The maximum Gasteiger partial charge on any atom is 0.255 e. The second-order valence-corrected chi connectivity index (χ2v) is 7.62. The first kappa shape index (κ1) is 24.0. The van der Waals surface area contributed by atoms with Crippen molar-refractivity contribution in [1.82, 2.24) is 10.2 Å². The Morgan fingerprint density at radius 2 is 1.52 bits per heavy atom. The molecule has 0 saturated heterocycles. The van der Waals surface area contributed by atoms with Crippen LogP contribution in [-0.4, -0.2) is 43.5 Å². The highest BCUT2D eigenvalue weighted by Gasteiger charge is 2.20. The third-order valence-electron chi connectivity index (χ3n) is 5.63. The molecule has 0 fully saturated rings. The zero-order valence-electron chi connectivity index (χ0n) is 19.4. The molecule has 0 saturated carbocycles. The first-order valence-corrected chi connectivity index (χ1v) is 11.2. The highest BCUT2D eigenvalue weighted by atomic mass is 16.5. The van der Waals surface area contributed by atoms with Crippen LogP contribution in [-0.2, 0) is 0 Å². The van der Waals surface area contributed by atoms with Gasteiger partial charge in [-0.15, -0.1) is 0 Å². The van der Waals surface area contributed by atoms with Gasteiger partial charge in [-0.2, -0.15) is 0 Å². The summed E-state index contributed by atoms with van der Waals surface area (Å²) in [6, 6.07) is 23.9. The number of anilines is 1.